The SMILES string of the molecule is CCN(O)c1c(C)n(C(=O)OC(C)(C)C)c2ccc(OCc3ccc4ccccc4n3)cc12. The number of pyridine rings is 1. The first-order valence-electron chi connectivity index (χ1n) is 11.0. The van der Waals surface area contributed by atoms with Crippen LogP contribution in [0.3, 0.4) is 0 Å². The van der Waals surface area contributed by atoms with Crippen LogP contribution in [-0.4, -0.2) is 33.0 Å². The van der Waals surface area contributed by atoms with Crippen LogP contribution in [0.4, 0.5) is 10.5 Å². The molecule has 0 atom stereocenters. The number of benzene rings is 2. The van der Waals surface area contributed by atoms with Crippen molar-refractivity contribution in [1.29, 1.82) is 0 Å². The minimum absolute atomic E-state index is 0.300. The number of carbonyl (C=O) groups is 1. The second-order valence-electron chi connectivity index (χ2n) is 8.93. The van der Waals surface area contributed by atoms with Crippen LogP contribution in [0.15, 0.2) is 54.6 Å². The van der Waals surface area contributed by atoms with Crippen LogP contribution in [-0.2, 0) is 11.3 Å². The van der Waals surface area contributed by atoms with E-state index in [0.29, 0.717) is 41.2 Å². The molecule has 0 unspecified atom stereocenters. The van der Waals surface area contributed by atoms with Gasteiger partial charge in [-0.05, 0) is 65.0 Å². The van der Waals surface area contributed by atoms with Crippen LogP contribution >= 0.6 is 0 Å². The van der Waals surface area contributed by atoms with Crippen molar-refractivity contribution in [2.24, 2.45) is 0 Å². The predicted octanol–water partition coefficient (Wildman–Crippen LogP) is 6.08. The molecule has 2 aromatic heterocycles. The van der Waals surface area contributed by atoms with Crippen molar-refractivity contribution in [2.75, 3.05) is 11.6 Å². The van der Waals surface area contributed by atoms with Gasteiger partial charge in [0.2, 0.25) is 0 Å². The summed E-state index contributed by atoms with van der Waals surface area (Å²) in [5, 5.41) is 13.5. The summed E-state index contributed by atoms with van der Waals surface area (Å²) in [5.41, 5.74) is 2.87. The lowest BCUT2D eigenvalue weighted by atomic mass is 10.2. The van der Waals surface area contributed by atoms with E-state index in [0.717, 1.165) is 21.7 Å². The van der Waals surface area contributed by atoms with Crippen molar-refractivity contribution in [1.82, 2.24) is 9.55 Å². The summed E-state index contributed by atoms with van der Waals surface area (Å²) >= 11 is 0. The molecule has 4 aromatic rings. The standard InChI is InChI=1S/C26H29N3O4/c1-6-28(31)24-17(2)29(25(30)33-26(3,4)5)23-14-13-20(15-21(23)24)32-16-19-12-11-18-9-7-8-10-22(18)27-19/h7-15,31H,6,16H2,1-5H3. The molecule has 0 saturated heterocycles. The molecule has 0 aliphatic heterocycles. The van der Waals surface area contributed by atoms with Crippen LogP contribution in [0.25, 0.3) is 21.8 Å². The third-order valence-electron chi connectivity index (χ3n) is 5.32. The molecule has 2 heterocycles. The Morgan fingerprint density at radius 1 is 1.12 bits per heavy atom. The highest BCUT2D eigenvalue weighted by Crippen LogP contribution is 2.36. The maximum Gasteiger partial charge on any atom is 0.419 e. The van der Waals surface area contributed by atoms with Gasteiger partial charge in [-0.3, -0.25) is 10.3 Å². The molecular formula is C26H29N3O4. The summed E-state index contributed by atoms with van der Waals surface area (Å²) in [6.45, 7) is 9.76. The van der Waals surface area contributed by atoms with E-state index < -0.39 is 11.7 Å². The molecule has 2 aromatic carbocycles. The quantitative estimate of drug-likeness (QED) is 0.374. The van der Waals surface area contributed by atoms with E-state index in [9.17, 15) is 10.0 Å². The first-order valence-corrected chi connectivity index (χ1v) is 11.0. The van der Waals surface area contributed by atoms with Gasteiger partial charge in [0.15, 0.2) is 0 Å². The number of hydrogen-bond donors (Lipinski definition) is 1. The molecule has 0 fully saturated rings. The minimum atomic E-state index is -0.639. The second kappa shape index (κ2) is 8.75. The van der Waals surface area contributed by atoms with Gasteiger partial charge in [0.25, 0.3) is 0 Å². The van der Waals surface area contributed by atoms with Crippen molar-refractivity contribution < 1.29 is 19.5 Å². The number of nitrogens with zero attached hydrogens (tertiary/aromatic N) is 3. The Bertz CT molecular complexity index is 1320. The highest BCUT2D eigenvalue weighted by Gasteiger charge is 2.26. The summed E-state index contributed by atoms with van der Waals surface area (Å²) < 4.78 is 13.1. The topological polar surface area (TPSA) is 76.8 Å². The van der Waals surface area contributed by atoms with Gasteiger partial charge in [0.1, 0.15) is 18.0 Å². The Balaban J connectivity index is 1.68. The molecular weight excluding hydrogens is 418 g/mol. The van der Waals surface area contributed by atoms with Gasteiger partial charge in [-0.15, -0.1) is 0 Å². The average molecular weight is 448 g/mol. The van der Waals surface area contributed by atoms with E-state index in [2.05, 4.69) is 4.98 Å². The Morgan fingerprint density at radius 3 is 2.61 bits per heavy atom. The molecule has 0 aliphatic carbocycles. The highest BCUT2D eigenvalue weighted by molar-refractivity contribution is 6.01. The lowest BCUT2D eigenvalue weighted by molar-refractivity contribution is 0.0541. The first kappa shape index (κ1) is 22.6. The molecule has 0 aliphatic rings. The molecule has 0 amide bonds. The van der Waals surface area contributed by atoms with Crippen molar-refractivity contribution in [3.05, 3.63) is 66.0 Å². The zero-order valence-corrected chi connectivity index (χ0v) is 19.6. The van der Waals surface area contributed by atoms with Crippen LogP contribution in [0.5, 0.6) is 5.75 Å². The third kappa shape index (κ3) is 4.64. The van der Waals surface area contributed by atoms with Gasteiger partial charge < -0.3 is 9.47 Å². The minimum Gasteiger partial charge on any atom is -0.487 e. The maximum absolute atomic E-state index is 12.9. The van der Waals surface area contributed by atoms with E-state index in [4.69, 9.17) is 9.47 Å². The van der Waals surface area contributed by atoms with E-state index in [-0.39, 0.29) is 0 Å². The number of hydroxylamine groups is 1. The molecule has 33 heavy (non-hydrogen) atoms. The first-order chi connectivity index (χ1) is 15.7. The summed E-state index contributed by atoms with van der Waals surface area (Å²) in [7, 11) is 0. The van der Waals surface area contributed by atoms with Crippen molar-refractivity contribution in [3.63, 3.8) is 0 Å². The normalized spacial score (nSPS) is 11.7. The fourth-order valence-corrected chi connectivity index (χ4v) is 3.84. The lowest BCUT2D eigenvalue weighted by Gasteiger charge is -2.21. The fourth-order valence-electron chi connectivity index (χ4n) is 3.84. The molecule has 7 nitrogen and oxygen atoms in total. The zero-order chi connectivity index (χ0) is 23.8. The van der Waals surface area contributed by atoms with Gasteiger partial charge in [0.05, 0.1) is 28.1 Å². The van der Waals surface area contributed by atoms with Gasteiger partial charge in [-0.1, -0.05) is 24.3 Å². The number of anilines is 1. The third-order valence-corrected chi connectivity index (χ3v) is 5.32. The highest BCUT2D eigenvalue weighted by atomic mass is 16.6. The van der Waals surface area contributed by atoms with E-state index in [1.54, 1.807) is 13.0 Å². The van der Waals surface area contributed by atoms with Gasteiger partial charge in [-0.25, -0.2) is 14.3 Å². The van der Waals surface area contributed by atoms with Crippen LogP contribution in [0.2, 0.25) is 0 Å². The van der Waals surface area contributed by atoms with E-state index in [1.165, 1.54) is 4.57 Å². The predicted molar refractivity (Wildman–Crippen MR) is 129 cm³/mol. The summed E-state index contributed by atoms with van der Waals surface area (Å²) in [4.78, 5) is 17.6. The van der Waals surface area contributed by atoms with Crippen molar-refractivity contribution in [3.8, 4) is 5.75 Å². The van der Waals surface area contributed by atoms with E-state index >= 15 is 0 Å². The lowest BCUT2D eigenvalue weighted by Crippen LogP contribution is -2.28. The Labute approximate surface area is 193 Å². The second-order valence-corrected chi connectivity index (χ2v) is 8.93. The number of rotatable bonds is 5. The summed E-state index contributed by atoms with van der Waals surface area (Å²) in [6.07, 6.45) is -0.491. The molecule has 7 heteroatoms. The van der Waals surface area contributed by atoms with Gasteiger partial charge in [0, 0.05) is 17.3 Å². The van der Waals surface area contributed by atoms with Crippen molar-refractivity contribution >= 4 is 33.6 Å². The van der Waals surface area contributed by atoms with Crippen molar-refractivity contribution in [2.45, 2.75) is 46.8 Å². The van der Waals surface area contributed by atoms with Crippen LogP contribution in [0.1, 0.15) is 39.1 Å². The monoisotopic (exact) mass is 447 g/mol. The van der Waals surface area contributed by atoms with Crippen LogP contribution < -0.4 is 9.80 Å². The Hall–Kier alpha value is -3.58. The smallest absolute Gasteiger partial charge is 0.419 e. The number of hydrogen-bond acceptors (Lipinski definition) is 6. The van der Waals surface area contributed by atoms with Gasteiger partial charge >= 0.3 is 6.09 Å². The maximum atomic E-state index is 12.9. The number of fused-ring (bicyclic) bond motifs is 2. The van der Waals surface area contributed by atoms with Crippen LogP contribution in [0, 0.1) is 6.92 Å². The number of ether oxygens (including phenoxy) is 2. The average Bonchev–Trinajstić information content (AvgIpc) is 3.07. The molecule has 172 valence electrons. The molecule has 1 N–H and O–H groups in total. The Kier molecular flexibility index (Phi) is 5.99. The summed E-state index contributed by atoms with van der Waals surface area (Å²) in [6, 6.07) is 17.4. The number of aromatic nitrogens is 2. The van der Waals surface area contributed by atoms with Gasteiger partial charge in [-0.2, -0.15) is 0 Å². The molecule has 4 rings (SSSR count). The molecule has 0 saturated carbocycles. The molecule has 0 bridgehead atoms. The summed E-state index contributed by atoms with van der Waals surface area (Å²) in [5.74, 6) is 0.615. The number of para-hydroxylation sites is 1. The zero-order valence-electron chi connectivity index (χ0n) is 19.6. The Morgan fingerprint density at radius 2 is 1.88 bits per heavy atom. The number of carbonyl (C=O) groups excluding carboxylic acids is 1. The molecule has 0 radical (unpaired) electrons. The van der Waals surface area contributed by atoms with E-state index in [1.807, 2.05) is 76.2 Å². The fraction of sp³-hybridized carbons (Fsp3) is 0.308. The largest absolute Gasteiger partial charge is 0.487 e. The molecule has 0 spiro atoms.